The second-order valence-electron chi connectivity index (χ2n) is 4.48. The summed E-state index contributed by atoms with van der Waals surface area (Å²) in [6.45, 7) is 0. The third-order valence-corrected chi connectivity index (χ3v) is 4.95. The van der Waals surface area contributed by atoms with Crippen molar-refractivity contribution in [3.05, 3.63) is 56.9 Å². The minimum atomic E-state index is 0.0227. The summed E-state index contributed by atoms with van der Waals surface area (Å²) < 4.78 is 5.81. The molecule has 106 valence electrons. The molecule has 1 aliphatic rings. The number of ketones is 1. The van der Waals surface area contributed by atoms with Crippen molar-refractivity contribution < 1.29 is 14.6 Å². The Kier molecular flexibility index (Phi) is 3.78. The topological polar surface area (TPSA) is 46.5 Å². The molecule has 2 aromatic rings. The molecule has 0 saturated carbocycles. The lowest BCUT2D eigenvalue weighted by Gasteiger charge is -2.07. The van der Waals surface area contributed by atoms with Gasteiger partial charge in [0, 0.05) is 14.9 Å². The van der Waals surface area contributed by atoms with Gasteiger partial charge in [-0.2, -0.15) is 0 Å². The molecule has 1 aliphatic heterocycles. The highest BCUT2D eigenvalue weighted by Gasteiger charge is 2.25. The molecule has 0 atom stereocenters. The van der Waals surface area contributed by atoms with Crippen molar-refractivity contribution in [1.29, 1.82) is 0 Å². The summed E-state index contributed by atoms with van der Waals surface area (Å²) in [5.41, 5.74) is 1.52. The molecule has 0 radical (unpaired) electrons. The van der Waals surface area contributed by atoms with Crippen LogP contribution in [0.25, 0.3) is 6.08 Å². The highest BCUT2D eigenvalue weighted by Crippen LogP contribution is 2.42. The van der Waals surface area contributed by atoms with Crippen LogP contribution in [-0.2, 0) is 0 Å². The number of carbonyl (C=O) groups excluding carboxylic acids is 1. The lowest BCUT2D eigenvalue weighted by atomic mass is 10.1. The minimum absolute atomic E-state index is 0.0227. The van der Waals surface area contributed by atoms with Gasteiger partial charge >= 0.3 is 0 Å². The van der Waals surface area contributed by atoms with Crippen LogP contribution in [0.2, 0.25) is 0 Å². The van der Waals surface area contributed by atoms with Crippen molar-refractivity contribution in [3.63, 3.8) is 0 Å². The van der Waals surface area contributed by atoms with E-state index in [1.807, 2.05) is 24.3 Å². The number of benzene rings is 2. The summed E-state index contributed by atoms with van der Waals surface area (Å²) in [7, 11) is 1.49. The summed E-state index contributed by atoms with van der Waals surface area (Å²) in [6.07, 6.45) is 1.80. The normalized spacial score (nSPS) is 15.3. The van der Waals surface area contributed by atoms with E-state index >= 15 is 0 Å². The van der Waals surface area contributed by atoms with E-state index in [0.29, 0.717) is 15.1 Å². The van der Waals surface area contributed by atoms with Gasteiger partial charge in [0.15, 0.2) is 11.5 Å². The number of thioether (sulfide) groups is 1. The number of halogens is 1. The number of phenolic OH excluding ortho intramolecular Hbond substituents is 1. The lowest BCUT2D eigenvalue weighted by Crippen LogP contribution is -1.94. The van der Waals surface area contributed by atoms with Crippen LogP contribution in [0.5, 0.6) is 11.5 Å². The van der Waals surface area contributed by atoms with Gasteiger partial charge in [-0.15, -0.1) is 0 Å². The maximum absolute atomic E-state index is 12.3. The van der Waals surface area contributed by atoms with Gasteiger partial charge in [0.05, 0.1) is 12.0 Å². The van der Waals surface area contributed by atoms with Crippen LogP contribution in [0.3, 0.4) is 0 Å². The van der Waals surface area contributed by atoms with E-state index in [1.54, 1.807) is 18.2 Å². The first-order valence-electron chi connectivity index (χ1n) is 6.20. The number of methoxy groups -OCH3 is 1. The molecule has 0 aliphatic carbocycles. The largest absolute Gasteiger partial charge is 0.504 e. The van der Waals surface area contributed by atoms with Crippen molar-refractivity contribution in [2.45, 2.75) is 4.90 Å². The number of hydrogen-bond donors (Lipinski definition) is 1. The molecule has 0 aromatic heterocycles. The molecule has 5 heteroatoms. The van der Waals surface area contributed by atoms with Gasteiger partial charge in [0.2, 0.25) is 5.78 Å². The Morgan fingerprint density at radius 1 is 1.29 bits per heavy atom. The Morgan fingerprint density at radius 3 is 2.76 bits per heavy atom. The molecule has 0 amide bonds. The van der Waals surface area contributed by atoms with Gasteiger partial charge in [-0.05, 0) is 35.9 Å². The molecule has 3 nitrogen and oxygen atoms in total. The van der Waals surface area contributed by atoms with Gasteiger partial charge in [-0.25, -0.2) is 0 Å². The summed E-state index contributed by atoms with van der Waals surface area (Å²) in [5.74, 6) is 0.452. The molecule has 0 bridgehead atoms. The van der Waals surface area contributed by atoms with Crippen molar-refractivity contribution >= 4 is 39.6 Å². The summed E-state index contributed by atoms with van der Waals surface area (Å²) in [4.78, 5) is 14.0. The number of allylic oxidation sites excluding steroid dienone is 1. The second-order valence-corrected chi connectivity index (χ2v) is 6.42. The highest BCUT2D eigenvalue weighted by atomic mass is 79.9. The molecular weight excluding hydrogens is 352 g/mol. The van der Waals surface area contributed by atoms with Crippen LogP contribution >= 0.6 is 27.7 Å². The smallest absolute Gasteiger partial charge is 0.200 e. The average molecular weight is 363 g/mol. The number of fused-ring (bicyclic) bond motifs is 1. The number of Topliss-reactive ketones (excluding diaryl/α,β-unsaturated/α-hetero) is 1. The van der Waals surface area contributed by atoms with E-state index in [0.717, 1.165) is 16.0 Å². The first kappa shape index (κ1) is 14.2. The van der Waals surface area contributed by atoms with Crippen LogP contribution in [0, 0.1) is 0 Å². The molecule has 1 heterocycles. The Hall–Kier alpha value is -1.72. The van der Waals surface area contributed by atoms with Crippen LogP contribution in [0.1, 0.15) is 15.9 Å². The van der Waals surface area contributed by atoms with Gasteiger partial charge < -0.3 is 9.84 Å². The Bertz CT molecular complexity index is 768. The second kappa shape index (κ2) is 5.58. The van der Waals surface area contributed by atoms with Crippen LogP contribution < -0.4 is 4.74 Å². The number of phenols is 1. The SMILES string of the molecule is COc1cc(C=C2Sc3ccccc3C2=O)c(Br)cc1O. The van der Waals surface area contributed by atoms with Crippen LogP contribution in [0.15, 0.2) is 50.7 Å². The van der Waals surface area contributed by atoms with E-state index in [-0.39, 0.29) is 11.5 Å². The zero-order valence-corrected chi connectivity index (χ0v) is 13.5. The van der Waals surface area contributed by atoms with Gasteiger partial charge in [-0.3, -0.25) is 4.79 Å². The van der Waals surface area contributed by atoms with Gasteiger partial charge in [0.1, 0.15) is 0 Å². The fourth-order valence-corrected chi connectivity index (χ4v) is 3.60. The molecule has 21 heavy (non-hydrogen) atoms. The molecule has 0 fully saturated rings. The van der Waals surface area contributed by atoms with Gasteiger partial charge in [-0.1, -0.05) is 39.8 Å². The van der Waals surface area contributed by atoms with Crippen molar-refractivity contribution in [3.8, 4) is 11.5 Å². The fourth-order valence-electron chi connectivity index (χ4n) is 2.11. The quantitative estimate of drug-likeness (QED) is 0.799. The number of hydrogen-bond acceptors (Lipinski definition) is 4. The average Bonchev–Trinajstić information content (AvgIpc) is 2.79. The third kappa shape index (κ3) is 2.59. The fraction of sp³-hybridized carbons (Fsp3) is 0.0625. The Labute approximate surface area is 134 Å². The summed E-state index contributed by atoms with van der Waals surface area (Å²) in [5, 5.41) is 9.72. The summed E-state index contributed by atoms with van der Waals surface area (Å²) in [6, 6.07) is 10.8. The highest BCUT2D eigenvalue weighted by molar-refractivity contribution is 9.10. The van der Waals surface area contributed by atoms with Crippen molar-refractivity contribution in [2.24, 2.45) is 0 Å². The zero-order valence-electron chi connectivity index (χ0n) is 11.1. The number of ether oxygens (including phenoxy) is 1. The number of rotatable bonds is 2. The number of carbonyl (C=O) groups is 1. The first-order valence-corrected chi connectivity index (χ1v) is 7.81. The van der Waals surface area contributed by atoms with Crippen LogP contribution in [-0.4, -0.2) is 18.0 Å². The monoisotopic (exact) mass is 362 g/mol. The zero-order chi connectivity index (χ0) is 15.0. The van der Waals surface area contributed by atoms with E-state index in [2.05, 4.69) is 15.9 Å². The summed E-state index contributed by atoms with van der Waals surface area (Å²) >= 11 is 4.85. The molecule has 0 spiro atoms. The predicted molar refractivity (Wildman–Crippen MR) is 87.0 cm³/mol. The maximum Gasteiger partial charge on any atom is 0.200 e. The van der Waals surface area contributed by atoms with E-state index in [9.17, 15) is 9.90 Å². The Balaban J connectivity index is 2.03. The molecule has 3 rings (SSSR count). The lowest BCUT2D eigenvalue weighted by molar-refractivity contribution is 0.104. The molecule has 2 aromatic carbocycles. The number of aromatic hydroxyl groups is 1. The minimum Gasteiger partial charge on any atom is -0.504 e. The van der Waals surface area contributed by atoms with Crippen LogP contribution in [0.4, 0.5) is 0 Å². The van der Waals surface area contributed by atoms with Crippen molar-refractivity contribution in [1.82, 2.24) is 0 Å². The molecule has 0 saturated heterocycles. The Morgan fingerprint density at radius 2 is 2.05 bits per heavy atom. The predicted octanol–water partition coefficient (Wildman–Crippen LogP) is 4.49. The molecule has 0 unspecified atom stereocenters. The van der Waals surface area contributed by atoms with E-state index in [1.165, 1.54) is 18.9 Å². The molecular formula is C16H11BrO3S. The first-order chi connectivity index (χ1) is 10.1. The molecule has 1 N–H and O–H groups in total. The van der Waals surface area contributed by atoms with Gasteiger partial charge in [0.25, 0.3) is 0 Å². The maximum atomic E-state index is 12.3. The van der Waals surface area contributed by atoms with Crippen molar-refractivity contribution in [2.75, 3.05) is 7.11 Å². The van der Waals surface area contributed by atoms with E-state index in [4.69, 9.17) is 4.74 Å². The third-order valence-electron chi connectivity index (χ3n) is 3.16. The standard InChI is InChI=1S/C16H11BrO3S/c1-20-13-6-9(11(17)8-12(13)18)7-15-16(19)10-4-2-3-5-14(10)21-15/h2-8,18H,1H3. The van der Waals surface area contributed by atoms with E-state index < -0.39 is 0 Å².